The molecule has 4 nitrogen and oxygen atoms in total. The number of benzene rings is 1. The van der Waals surface area contributed by atoms with E-state index < -0.39 is 0 Å². The average Bonchev–Trinajstić information content (AvgIpc) is 2.38. The number of hydrogen-bond donors (Lipinski definition) is 1. The van der Waals surface area contributed by atoms with Crippen molar-refractivity contribution >= 4 is 5.78 Å². The van der Waals surface area contributed by atoms with Gasteiger partial charge in [-0.05, 0) is 32.9 Å². The highest BCUT2D eigenvalue weighted by Crippen LogP contribution is 2.19. The molecule has 0 bridgehead atoms. The van der Waals surface area contributed by atoms with E-state index in [1.54, 1.807) is 7.11 Å². The molecule has 1 aromatic rings. The topological polar surface area (TPSA) is 47.6 Å². The number of carbonyl (C=O) groups is 1. The Kier molecular flexibility index (Phi) is 6.68. The van der Waals surface area contributed by atoms with Gasteiger partial charge in [0, 0.05) is 25.6 Å². The third kappa shape index (κ3) is 6.17. The van der Waals surface area contributed by atoms with Gasteiger partial charge < -0.3 is 14.8 Å². The van der Waals surface area contributed by atoms with Crippen molar-refractivity contribution < 1.29 is 14.3 Å². The average molecular weight is 279 g/mol. The SMILES string of the molecule is COCCOc1ccccc1C(=O)CCNC(C)(C)C. The van der Waals surface area contributed by atoms with E-state index in [-0.39, 0.29) is 11.3 Å². The molecule has 0 aromatic heterocycles. The van der Waals surface area contributed by atoms with Gasteiger partial charge in [-0.3, -0.25) is 4.79 Å². The Labute approximate surface area is 121 Å². The summed E-state index contributed by atoms with van der Waals surface area (Å²) in [6.45, 7) is 7.86. The minimum absolute atomic E-state index is 0.0226. The molecule has 1 rings (SSSR count). The Morgan fingerprint density at radius 3 is 2.55 bits per heavy atom. The second-order valence-corrected chi connectivity index (χ2v) is 5.69. The third-order valence-corrected chi connectivity index (χ3v) is 2.74. The lowest BCUT2D eigenvalue weighted by Crippen LogP contribution is -2.37. The molecule has 0 radical (unpaired) electrons. The van der Waals surface area contributed by atoms with Gasteiger partial charge in [0.25, 0.3) is 0 Å². The summed E-state index contributed by atoms with van der Waals surface area (Å²) in [6.07, 6.45) is 0.460. The van der Waals surface area contributed by atoms with Crippen molar-refractivity contribution in [2.75, 3.05) is 26.9 Å². The molecule has 4 heteroatoms. The number of carbonyl (C=O) groups excluding carboxylic acids is 1. The van der Waals surface area contributed by atoms with Crippen molar-refractivity contribution in [3.8, 4) is 5.75 Å². The van der Waals surface area contributed by atoms with Crippen LogP contribution in [0.25, 0.3) is 0 Å². The van der Waals surface area contributed by atoms with Crippen molar-refractivity contribution in [1.82, 2.24) is 5.32 Å². The van der Waals surface area contributed by atoms with Crippen LogP contribution in [0.3, 0.4) is 0 Å². The first kappa shape index (κ1) is 16.7. The van der Waals surface area contributed by atoms with Gasteiger partial charge in [-0.1, -0.05) is 12.1 Å². The van der Waals surface area contributed by atoms with Gasteiger partial charge in [-0.15, -0.1) is 0 Å². The molecule has 0 aliphatic carbocycles. The molecule has 0 spiro atoms. The lowest BCUT2D eigenvalue weighted by atomic mass is 10.1. The number of para-hydroxylation sites is 1. The highest BCUT2D eigenvalue weighted by atomic mass is 16.5. The lowest BCUT2D eigenvalue weighted by Gasteiger charge is -2.20. The summed E-state index contributed by atoms with van der Waals surface area (Å²) < 4.78 is 10.5. The normalized spacial score (nSPS) is 11.4. The second-order valence-electron chi connectivity index (χ2n) is 5.69. The number of ether oxygens (including phenoxy) is 2. The van der Waals surface area contributed by atoms with E-state index in [4.69, 9.17) is 9.47 Å². The minimum Gasteiger partial charge on any atom is -0.490 e. The molecule has 0 saturated carbocycles. The van der Waals surface area contributed by atoms with E-state index in [0.29, 0.717) is 37.5 Å². The molecule has 0 atom stereocenters. The predicted octanol–water partition coefficient (Wildman–Crippen LogP) is 2.67. The fraction of sp³-hybridized carbons (Fsp3) is 0.562. The van der Waals surface area contributed by atoms with Crippen LogP contribution in [-0.4, -0.2) is 38.2 Å². The Balaban J connectivity index is 2.58. The highest BCUT2D eigenvalue weighted by molar-refractivity contribution is 5.98. The van der Waals surface area contributed by atoms with Crippen molar-refractivity contribution in [3.63, 3.8) is 0 Å². The standard InChI is InChI=1S/C16H25NO3/c1-16(2,3)17-10-9-14(18)13-7-5-6-8-15(13)20-12-11-19-4/h5-8,17H,9-12H2,1-4H3. The fourth-order valence-electron chi connectivity index (χ4n) is 1.74. The smallest absolute Gasteiger partial charge is 0.167 e. The fourth-order valence-corrected chi connectivity index (χ4v) is 1.74. The van der Waals surface area contributed by atoms with Crippen LogP contribution in [0.2, 0.25) is 0 Å². The van der Waals surface area contributed by atoms with Crippen molar-refractivity contribution in [2.24, 2.45) is 0 Å². The van der Waals surface area contributed by atoms with Gasteiger partial charge in [-0.2, -0.15) is 0 Å². The van der Waals surface area contributed by atoms with E-state index in [0.717, 1.165) is 0 Å². The highest BCUT2D eigenvalue weighted by Gasteiger charge is 2.14. The molecule has 0 heterocycles. The molecule has 0 amide bonds. The number of methoxy groups -OCH3 is 1. The Morgan fingerprint density at radius 2 is 1.90 bits per heavy atom. The summed E-state index contributed by atoms with van der Waals surface area (Å²) in [5, 5.41) is 3.31. The first-order chi connectivity index (χ1) is 9.44. The summed E-state index contributed by atoms with van der Waals surface area (Å²) in [5.41, 5.74) is 0.661. The quantitative estimate of drug-likeness (QED) is 0.587. The van der Waals surface area contributed by atoms with Gasteiger partial charge in [0.2, 0.25) is 0 Å². The largest absolute Gasteiger partial charge is 0.490 e. The van der Waals surface area contributed by atoms with E-state index >= 15 is 0 Å². The van der Waals surface area contributed by atoms with E-state index in [2.05, 4.69) is 26.1 Å². The number of nitrogens with one attached hydrogen (secondary N) is 1. The molecule has 0 unspecified atom stereocenters. The molecule has 0 saturated heterocycles. The zero-order chi connectivity index (χ0) is 15.0. The maximum absolute atomic E-state index is 12.2. The van der Waals surface area contributed by atoms with Crippen molar-refractivity contribution in [1.29, 1.82) is 0 Å². The van der Waals surface area contributed by atoms with Gasteiger partial charge in [0.05, 0.1) is 12.2 Å². The molecule has 1 aromatic carbocycles. The first-order valence-corrected chi connectivity index (χ1v) is 6.93. The Morgan fingerprint density at radius 1 is 1.20 bits per heavy atom. The molecule has 112 valence electrons. The van der Waals surface area contributed by atoms with Crippen LogP contribution in [0.5, 0.6) is 5.75 Å². The van der Waals surface area contributed by atoms with Crippen molar-refractivity contribution in [2.45, 2.75) is 32.7 Å². The van der Waals surface area contributed by atoms with Crippen LogP contribution < -0.4 is 10.1 Å². The third-order valence-electron chi connectivity index (χ3n) is 2.74. The monoisotopic (exact) mass is 279 g/mol. The molecule has 1 N–H and O–H groups in total. The number of Topliss-reactive ketones (excluding diaryl/α,β-unsaturated/α-hetero) is 1. The maximum Gasteiger partial charge on any atom is 0.167 e. The summed E-state index contributed by atoms with van der Waals surface area (Å²) >= 11 is 0. The van der Waals surface area contributed by atoms with E-state index in [9.17, 15) is 4.79 Å². The van der Waals surface area contributed by atoms with Crippen LogP contribution in [-0.2, 0) is 4.74 Å². The maximum atomic E-state index is 12.2. The summed E-state index contributed by atoms with van der Waals surface area (Å²) in [5.74, 6) is 0.722. The number of hydrogen-bond acceptors (Lipinski definition) is 4. The molecule has 0 aliphatic rings. The van der Waals surface area contributed by atoms with Gasteiger partial charge in [0.15, 0.2) is 5.78 Å². The van der Waals surface area contributed by atoms with Crippen LogP contribution in [0.15, 0.2) is 24.3 Å². The summed E-state index contributed by atoms with van der Waals surface area (Å²) in [6, 6.07) is 7.35. The lowest BCUT2D eigenvalue weighted by molar-refractivity contribution is 0.0972. The van der Waals surface area contributed by atoms with Gasteiger partial charge >= 0.3 is 0 Å². The Bertz CT molecular complexity index is 424. The zero-order valence-corrected chi connectivity index (χ0v) is 12.9. The first-order valence-electron chi connectivity index (χ1n) is 6.93. The van der Waals surface area contributed by atoms with Crippen LogP contribution in [0, 0.1) is 0 Å². The van der Waals surface area contributed by atoms with Gasteiger partial charge in [0.1, 0.15) is 12.4 Å². The van der Waals surface area contributed by atoms with E-state index in [1.165, 1.54) is 0 Å². The molecule has 0 fully saturated rings. The summed E-state index contributed by atoms with van der Waals surface area (Å²) in [7, 11) is 1.62. The van der Waals surface area contributed by atoms with Gasteiger partial charge in [-0.25, -0.2) is 0 Å². The Hall–Kier alpha value is -1.39. The zero-order valence-electron chi connectivity index (χ0n) is 12.9. The molecular formula is C16H25NO3. The van der Waals surface area contributed by atoms with Crippen molar-refractivity contribution in [3.05, 3.63) is 29.8 Å². The minimum atomic E-state index is 0.0226. The van der Waals surface area contributed by atoms with E-state index in [1.807, 2.05) is 24.3 Å². The molecular weight excluding hydrogens is 254 g/mol. The van der Waals surface area contributed by atoms with Crippen LogP contribution in [0.4, 0.5) is 0 Å². The number of rotatable bonds is 8. The molecule has 0 aliphatic heterocycles. The predicted molar refractivity (Wildman–Crippen MR) is 80.5 cm³/mol. The second kappa shape index (κ2) is 8.02. The van der Waals surface area contributed by atoms with Crippen LogP contribution in [0.1, 0.15) is 37.6 Å². The van der Waals surface area contributed by atoms with Crippen LogP contribution >= 0.6 is 0 Å². The number of ketones is 1. The molecule has 20 heavy (non-hydrogen) atoms. The summed E-state index contributed by atoms with van der Waals surface area (Å²) in [4.78, 5) is 12.2.